The van der Waals surface area contributed by atoms with Crippen LogP contribution in [0.4, 0.5) is 0 Å². The summed E-state index contributed by atoms with van der Waals surface area (Å²) >= 11 is 1.40. The lowest BCUT2D eigenvalue weighted by molar-refractivity contribution is -0.122. The smallest absolute Gasteiger partial charge is 0.286 e. The lowest BCUT2D eigenvalue weighted by Gasteiger charge is -2.36. The van der Waals surface area contributed by atoms with Crippen molar-refractivity contribution in [3.8, 4) is 0 Å². The molecule has 0 radical (unpaired) electrons. The van der Waals surface area contributed by atoms with Gasteiger partial charge in [0.2, 0.25) is 12.2 Å². The van der Waals surface area contributed by atoms with E-state index >= 15 is 0 Å². The van der Waals surface area contributed by atoms with Gasteiger partial charge >= 0.3 is 0 Å². The number of hydrogen-bond acceptors (Lipinski definition) is 7. The van der Waals surface area contributed by atoms with Gasteiger partial charge in [-0.2, -0.15) is 0 Å². The first kappa shape index (κ1) is 24.4. The minimum absolute atomic E-state index is 0. The van der Waals surface area contributed by atoms with Crippen molar-refractivity contribution in [3.05, 3.63) is 41.8 Å². The maximum atomic E-state index is 13.3. The average molecular weight is 453 g/mol. The molecule has 7 nitrogen and oxygen atoms in total. The topological polar surface area (TPSA) is 88.3 Å². The maximum Gasteiger partial charge on any atom is 0.286 e. The Morgan fingerprint density at radius 3 is 2.67 bits per heavy atom. The fourth-order valence-electron chi connectivity index (χ4n) is 3.71. The number of rotatable bonds is 11. The van der Waals surface area contributed by atoms with Crippen LogP contribution in [0.15, 0.2) is 40.0 Å². The standard InChI is InChI=1S/C21H28N4O3S.ClH/c1-22-12-13-29-21-24-23-20(28-21)19(27)18(14-16-8-4-2-5-9-16)25(15-26)17-10-6-3-7-11-17;/h2,4-5,8-9,15,17-18,22H,3,6-7,10-14H2,1H3;1H/t18-;/m0./s1. The number of thioether (sulfide) groups is 1. The summed E-state index contributed by atoms with van der Waals surface area (Å²) in [7, 11) is 1.87. The first-order chi connectivity index (χ1) is 14.2. The van der Waals surface area contributed by atoms with Crippen LogP contribution in [0.1, 0.15) is 48.4 Å². The van der Waals surface area contributed by atoms with Crippen molar-refractivity contribution >= 4 is 36.4 Å². The van der Waals surface area contributed by atoms with E-state index in [9.17, 15) is 9.59 Å². The fourth-order valence-corrected chi connectivity index (χ4v) is 4.43. The van der Waals surface area contributed by atoms with Crippen LogP contribution in [0.3, 0.4) is 0 Å². The van der Waals surface area contributed by atoms with E-state index in [-0.39, 0.29) is 30.1 Å². The Labute approximate surface area is 187 Å². The predicted molar refractivity (Wildman–Crippen MR) is 119 cm³/mol. The van der Waals surface area contributed by atoms with Crippen LogP contribution in [0, 0.1) is 0 Å². The number of aromatic nitrogens is 2. The van der Waals surface area contributed by atoms with Crippen LogP contribution in [-0.2, 0) is 11.2 Å². The van der Waals surface area contributed by atoms with Gasteiger partial charge in [-0.25, -0.2) is 0 Å². The van der Waals surface area contributed by atoms with Gasteiger partial charge in [-0.15, -0.1) is 22.6 Å². The average Bonchev–Trinajstić information content (AvgIpc) is 3.24. The maximum absolute atomic E-state index is 13.3. The molecule has 2 aromatic rings. The summed E-state index contributed by atoms with van der Waals surface area (Å²) < 4.78 is 5.61. The molecule has 0 spiro atoms. The number of benzene rings is 1. The normalized spacial score (nSPS) is 15.2. The number of halogens is 1. The molecule has 1 saturated carbocycles. The fraction of sp³-hybridized carbons (Fsp3) is 0.524. The number of hydrogen-bond donors (Lipinski definition) is 1. The van der Waals surface area contributed by atoms with Crippen LogP contribution in [0.2, 0.25) is 0 Å². The molecule has 164 valence electrons. The second-order valence-corrected chi connectivity index (χ2v) is 8.29. The Hall–Kier alpha value is -1.90. The van der Waals surface area contributed by atoms with E-state index in [1.165, 1.54) is 18.2 Å². The molecule has 0 saturated heterocycles. The Morgan fingerprint density at radius 2 is 2.00 bits per heavy atom. The highest BCUT2D eigenvalue weighted by atomic mass is 35.5. The van der Waals surface area contributed by atoms with E-state index in [2.05, 4.69) is 15.5 Å². The zero-order valence-electron chi connectivity index (χ0n) is 17.2. The number of nitrogens with one attached hydrogen (secondary N) is 1. The first-order valence-electron chi connectivity index (χ1n) is 10.1. The van der Waals surface area contributed by atoms with Crippen LogP contribution in [-0.4, -0.2) is 58.7 Å². The van der Waals surface area contributed by atoms with E-state index < -0.39 is 6.04 Å². The second kappa shape index (κ2) is 12.7. The van der Waals surface area contributed by atoms with E-state index in [1.54, 1.807) is 4.90 Å². The summed E-state index contributed by atoms with van der Waals surface area (Å²) in [4.78, 5) is 27.1. The third-order valence-corrected chi connectivity index (χ3v) is 6.07. The Morgan fingerprint density at radius 1 is 1.27 bits per heavy atom. The molecule has 1 fully saturated rings. The van der Waals surface area contributed by atoms with Gasteiger partial charge in [-0.3, -0.25) is 9.59 Å². The summed E-state index contributed by atoms with van der Waals surface area (Å²) in [5, 5.41) is 11.4. The molecule has 1 amide bonds. The van der Waals surface area contributed by atoms with Gasteiger partial charge < -0.3 is 14.6 Å². The third kappa shape index (κ3) is 6.55. The minimum Gasteiger partial charge on any atom is -0.408 e. The lowest BCUT2D eigenvalue weighted by atomic mass is 9.91. The number of carbonyl (C=O) groups excluding carboxylic acids is 2. The van der Waals surface area contributed by atoms with Crippen LogP contribution < -0.4 is 5.32 Å². The van der Waals surface area contributed by atoms with Gasteiger partial charge in [0, 0.05) is 24.8 Å². The molecule has 1 aliphatic rings. The van der Waals surface area contributed by atoms with E-state index in [0.29, 0.717) is 11.6 Å². The quantitative estimate of drug-likeness (QED) is 0.242. The van der Waals surface area contributed by atoms with Crippen molar-refractivity contribution < 1.29 is 14.0 Å². The zero-order chi connectivity index (χ0) is 20.5. The highest BCUT2D eigenvalue weighted by Crippen LogP contribution is 2.26. The highest BCUT2D eigenvalue weighted by Gasteiger charge is 2.34. The van der Waals surface area contributed by atoms with Gasteiger partial charge in [0.15, 0.2) is 0 Å². The lowest BCUT2D eigenvalue weighted by Crippen LogP contribution is -2.48. The number of Topliss-reactive ketones (excluding diaryl/α,β-unsaturated/α-hetero) is 1. The van der Waals surface area contributed by atoms with Crippen LogP contribution >= 0.6 is 24.2 Å². The molecule has 1 aromatic heterocycles. The molecule has 3 rings (SSSR count). The molecular weight excluding hydrogens is 424 g/mol. The molecule has 1 aromatic carbocycles. The molecule has 0 unspecified atom stereocenters. The van der Waals surface area contributed by atoms with Crippen LogP contribution in [0.25, 0.3) is 0 Å². The van der Waals surface area contributed by atoms with Crippen molar-refractivity contribution in [1.82, 2.24) is 20.4 Å². The van der Waals surface area contributed by atoms with Gasteiger partial charge in [0.05, 0.1) is 0 Å². The zero-order valence-corrected chi connectivity index (χ0v) is 18.8. The molecular formula is C21H29ClN4O3S. The number of nitrogens with zero attached hydrogens (tertiary/aromatic N) is 3. The van der Waals surface area contributed by atoms with E-state index in [4.69, 9.17) is 4.42 Å². The van der Waals surface area contributed by atoms with Gasteiger partial charge in [0.1, 0.15) is 6.04 Å². The van der Waals surface area contributed by atoms with Crippen LogP contribution in [0.5, 0.6) is 0 Å². The molecule has 0 bridgehead atoms. The minimum atomic E-state index is -0.645. The van der Waals surface area contributed by atoms with Crippen molar-refractivity contribution in [2.24, 2.45) is 0 Å². The molecule has 30 heavy (non-hydrogen) atoms. The first-order valence-corrected chi connectivity index (χ1v) is 11.1. The Bertz CT molecular complexity index is 784. The van der Waals surface area contributed by atoms with Crippen molar-refractivity contribution in [3.63, 3.8) is 0 Å². The van der Waals surface area contributed by atoms with Crippen molar-refractivity contribution in [1.29, 1.82) is 0 Å². The summed E-state index contributed by atoms with van der Waals surface area (Å²) in [6.07, 6.45) is 6.43. The number of ketones is 1. The van der Waals surface area contributed by atoms with Gasteiger partial charge in [-0.1, -0.05) is 61.4 Å². The monoisotopic (exact) mass is 452 g/mol. The molecule has 1 aliphatic carbocycles. The van der Waals surface area contributed by atoms with Gasteiger partial charge in [-0.05, 0) is 25.5 Å². The third-order valence-electron chi connectivity index (χ3n) is 5.25. The number of carbonyl (C=O) groups is 2. The Balaban J connectivity index is 0.00000320. The molecule has 1 N–H and O–H groups in total. The van der Waals surface area contributed by atoms with E-state index in [1.807, 2.05) is 37.4 Å². The summed E-state index contributed by atoms with van der Waals surface area (Å²) in [6, 6.07) is 9.18. The predicted octanol–water partition coefficient (Wildman–Crippen LogP) is 3.39. The highest BCUT2D eigenvalue weighted by molar-refractivity contribution is 7.99. The van der Waals surface area contributed by atoms with E-state index in [0.717, 1.165) is 50.0 Å². The SMILES string of the molecule is CNCCSc1nnc(C(=O)[C@H](Cc2ccccc2)N(C=O)C2CCCCC2)o1.Cl. The molecule has 1 heterocycles. The van der Waals surface area contributed by atoms with Crippen molar-refractivity contribution in [2.75, 3.05) is 19.3 Å². The number of amides is 1. The Kier molecular flexibility index (Phi) is 10.3. The second-order valence-electron chi connectivity index (χ2n) is 7.24. The molecule has 1 atom stereocenters. The summed E-state index contributed by atoms with van der Waals surface area (Å²) in [5.74, 6) is 0.447. The largest absolute Gasteiger partial charge is 0.408 e. The van der Waals surface area contributed by atoms with Gasteiger partial charge in [0.25, 0.3) is 11.1 Å². The summed E-state index contributed by atoms with van der Waals surface area (Å²) in [5.41, 5.74) is 0.997. The van der Waals surface area contributed by atoms with Crippen molar-refractivity contribution in [2.45, 2.75) is 55.8 Å². The summed E-state index contributed by atoms with van der Waals surface area (Å²) in [6.45, 7) is 0.799. The molecule has 9 heteroatoms. The molecule has 0 aliphatic heterocycles.